The number of nitrogens with zero attached hydrogens (tertiary/aromatic N) is 3. The molecule has 240 valence electrons. The number of aliphatic hydroxyl groups excluding tert-OH is 1. The third kappa shape index (κ3) is 10.0. The highest BCUT2D eigenvalue weighted by Gasteiger charge is 2.28. The van der Waals surface area contributed by atoms with Gasteiger partial charge in [0.25, 0.3) is 0 Å². The van der Waals surface area contributed by atoms with Gasteiger partial charge < -0.3 is 29.8 Å². The molecule has 4 atom stereocenters. The highest BCUT2D eigenvalue weighted by molar-refractivity contribution is 7.99. The lowest BCUT2D eigenvalue weighted by Gasteiger charge is -2.36. The first kappa shape index (κ1) is 33.9. The van der Waals surface area contributed by atoms with Crippen molar-refractivity contribution in [1.82, 2.24) is 19.9 Å². The predicted molar refractivity (Wildman–Crippen MR) is 173 cm³/mol. The summed E-state index contributed by atoms with van der Waals surface area (Å²) in [6, 6.07) is 10.8. The van der Waals surface area contributed by atoms with Crippen molar-refractivity contribution in [2.75, 3.05) is 31.3 Å². The third-order valence-electron chi connectivity index (χ3n) is 8.04. The standard InChI is InChI=1S/C33H46FN5O4S/c1-21(2)23(4)36-28-19-25(13-14-35-28)32-31(24-9-11-26(34)12-10-24)37-33(38-32)44-17-16-42-29(40)8-6-7-15-39(5)27-18-22(3)43-30(41)20-27/h9-14,19,21-23,27,30,41H,6-8,15-18,20H2,1-5H3,(H,35,36)(H,37,38)/t22-,23?,27?,30-/m1/s1. The molecule has 1 aromatic carbocycles. The number of H-pyrrole nitrogens is 1. The molecule has 0 spiro atoms. The van der Waals surface area contributed by atoms with E-state index in [1.807, 2.05) is 19.1 Å². The summed E-state index contributed by atoms with van der Waals surface area (Å²) in [7, 11) is 2.06. The number of nitrogens with one attached hydrogen (secondary N) is 2. The van der Waals surface area contributed by atoms with Gasteiger partial charge in [-0.1, -0.05) is 25.6 Å². The van der Waals surface area contributed by atoms with E-state index in [4.69, 9.17) is 14.5 Å². The fourth-order valence-corrected chi connectivity index (χ4v) is 5.83. The molecule has 0 amide bonds. The second-order valence-corrected chi connectivity index (χ2v) is 13.0. The number of pyridine rings is 1. The topological polar surface area (TPSA) is 113 Å². The number of thioether (sulfide) groups is 1. The number of aliphatic hydroxyl groups is 1. The molecule has 0 radical (unpaired) electrons. The predicted octanol–water partition coefficient (Wildman–Crippen LogP) is 6.36. The van der Waals surface area contributed by atoms with Crippen LogP contribution >= 0.6 is 11.8 Å². The van der Waals surface area contributed by atoms with Crippen molar-refractivity contribution < 1.29 is 23.8 Å². The number of halogens is 1. The zero-order chi connectivity index (χ0) is 31.6. The van der Waals surface area contributed by atoms with Gasteiger partial charge in [0, 0.05) is 48.0 Å². The number of imidazole rings is 1. The van der Waals surface area contributed by atoms with Crippen LogP contribution < -0.4 is 5.32 Å². The normalized spacial score (nSPS) is 19.3. The summed E-state index contributed by atoms with van der Waals surface area (Å²) in [5, 5.41) is 14.0. The molecule has 9 nitrogen and oxygen atoms in total. The van der Waals surface area contributed by atoms with Gasteiger partial charge in [-0.2, -0.15) is 0 Å². The summed E-state index contributed by atoms with van der Waals surface area (Å²) in [5.74, 6) is 1.25. The van der Waals surface area contributed by atoms with Crippen LogP contribution in [-0.2, 0) is 14.3 Å². The molecule has 1 aliphatic rings. The number of rotatable bonds is 15. The van der Waals surface area contributed by atoms with Gasteiger partial charge in [-0.05, 0) is 89.0 Å². The first-order valence-corrected chi connectivity index (χ1v) is 16.5. The van der Waals surface area contributed by atoms with Crippen LogP contribution in [-0.4, -0.2) is 81.4 Å². The lowest BCUT2D eigenvalue weighted by molar-refractivity contribution is -0.173. The number of carbonyl (C=O) groups excluding carboxylic acids is 1. The fraction of sp³-hybridized carbons (Fsp3) is 0.545. The second kappa shape index (κ2) is 16.4. The van der Waals surface area contributed by atoms with Gasteiger partial charge in [0.05, 0.1) is 17.5 Å². The van der Waals surface area contributed by atoms with Gasteiger partial charge >= 0.3 is 5.97 Å². The van der Waals surface area contributed by atoms with Crippen LogP contribution in [0.3, 0.4) is 0 Å². The lowest BCUT2D eigenvalue weighted by atomic mass is 10.0. The molecule has 0 bridgehead atoms. The van der Waals surface area contributed by atoms with Gasteiger partial charge in [-0.15, -0.1) is 0 Å². The Bertz CT molecular complexity index is 1330. The molecule has 3 N–H and O–H groups in total. The van der Waals surface area contributed by atoms with E-state index in [1.54, 1.807) is 18.3 Å². The number of unbranched alkanes of at least 4 members (excludes halogenated alkanes) is 1. The highest BCUT2D eigenvalue weighted by Crippen LogP contribution is 2.33. The number of esters is 1. The Morgan fingerprint density at radius 2 is 1.98 bits per heavy atom. The van der Waals surface area contributed by atoms with Crippen molar-refractivity contribution >= 4 is 23.5 Å². The molecule has 1 fully saturated rings. The SMILES string of the molecule is CC(C)C(C)Nc1cc(-c2nc(SCCOC(=O)CCCCN(C)C3C[C@@H](C)O[C@@H](O)C3)[nH]c2-c2ccc(F)cc2)ccn1. The molecule has 2 unspecified atom stereocenters. The van der Waals surface area contributed by atoms with Crippen LogP contribution in [0, 0.1) is 11.7 Å². The molecular weight excluding hydrogens is 581 g/mol. The number of ether oxygens (including phenoxy) is 2. The maximum absolute atomic E-state index is 13.7. The molecule has 44 heavy (non-hydrogen) atoms. The molecule has 4 rings (SSSR count). The van der Waals surface area contributed by atoms with Gasteiger partial charge in [0.1, 0.15) is 18.2 Å². The monoisotopic (exact) mass is 627 g/mol. The molecule has 2 aromatic heterocycles. The molecule has 11 heteroatoms. The average Bonchev–Trinajstić information content (AvgIpc) is 3.41. The first-order chi connectivity index (χ1) is 21.1. The molecule has 3 heterocycles. The number of anilines is 1. The summed E-state index contributed by atoms with van der Waals surface area (Å²) >= 11 is 1.47. The van der Waals surface area contributed by atoms with Gasteiger partial charge in [0.15, 0.2) is 11.4 Å². The second-order valence-electron chi connectivity index (χ2n) is 11.9. The molecule has 1 aliphatic heterocycles. The maximum atomic E-state index is 13.7. The van der Waals surface area contributed by atoms with E-state index < -0.39 is 6.29 Å². The van der Waals surface area contributed by atoms with Crippen LogP contribution in [0.15, 0.2) is 47.8 Å². The van der Waals surface area contributed by atoms with Gasteiger partial charge in [-0.25, -0.2) is 14.4 Å². The molecule has 0 saturated carbocycles. The van der Waals surface area contributed by atoms with Crippen molar-refractivity contribution in [2.45, 2.75) is 89.4 Å². The molecule has 1 saturated heterocycles. The van der Waals surface area contributed by atoms with Crippen LogP contribution in [0.1, 0.15) is 59.8 Å². The Morgan fingerprint density at radius 3 is 2.70 bits per heavy atom. The zero-order valence-corrected chi connectivity index (χ0v) is 27.2. The van der Waals surface area contributed by atoms with Crippen molar-refractivity contribution in [3.8, 4) is 22.5 Å². The fourth-order valence-electron chi connectivity index (χ4n) is 5.14. The Balaban J connectivity index is 1.28. The third-order valence-corrected chi connectivity index (χ3v) is 8.88. The van der Waals surface area contributed by atoms with E-state index >= 15 is 0 Å². The molecular formula is C33H46FN5O4S. The van der Waals surface area contributed by atoms with Crippen molar-refractivity contribution in [2.24, 2.45) is 5.92 Å². The molecule has 3 aromatic rings. The maximum Gasteiger partial charge on any atom is 0.305 e. The van der Waals surface area contributed by atoms with E-state index in [-0.39, 0.29) is 36.6 Å². The van der Waals surface area contributed by atoms with E-state index in [0.29, 0.717) is 29.7 Å². The number of carbonyl (C=O) groups is 1. The number of benzene rings is 1. The van der Waals surface area contributed by atoms with Crippen molar-refractivity contribution in [3.05, 3.63) is 48.4 Å². The number of aromatic amines is 1. The quantitative estimate of drug-likeness (QED) is 0.101. The summed E-state index contributed by atoms with van der Waals surface area (Å²) in [4.78, 5) is 27.3. The van der Waals surface area contributed by atoms with E-state index in [0.717, 1.165) is 54.1 Å². The van der Waals surface area contributed by atoms with Crippen molar-refractivity contribution in [1.29, 1.82) is 0 Å². The Hall–Kier alpha value is -2.99. The zero-order valence-electron chi connectivity index (χ0n) is 26.4. The average molecular weight is 628 g/mol. The van der Waals surface area contributed by atoms with E-state index in [9.17, 15) is 14.3 Å². The Labute approximate surface area is 264 Å². The molecule has 0 aliphatic carbocycles. The minimum Gasteiger partial charge on any atom is -0.465 e. The van der Waals surface area contributed by atoms with Crippen LogP contribution in [0.5, 0.6) is 0 Å². The van der Waals surface area contributed by atoms with Crippen LogP contribution in [0.2, 0.25) is 0 Å². The highest BCUT2D eigenvalue weighted by atomic mass is 32.2. The summed E-state index contributed by atoms with van der Waals surface area (Å²) in [6.45, 7) is 9.56. The first-order valence-electron chi connectivity index (χ1n) is 15.5. The lowest BCUT2D eigenvalue weighted by Crippen LogP contribution is -2.43. The van der Waals surface area contributed by atoms with Crippen LogP contribution in [0.25, 0.3) is 22.5 Å². The van der Waals surface area contributed by atoms with E-state index in [2.05, 4.69) is 48.0 Å². The summed E-state index contributed by atoms with van der Waals surface area (Å²) in [6.07, 6.45) is 4.61. The van der Waals surface area contributed by atoms with E-state index in [1.165, 1.54) is 23.9 Å². The Kier molecular flexibility index (Phi) is 12.6. The van der Waals surface area contributed by atoms with Gasteiger partial charge in [0.2, 0.25) is 0 Å². The number of hydrogen-bond donors (Lipinski definition) is 3. The Morgan fingerprint density at radius 1 is 1.20 bits per heavy atom. The summed E-state index contributed by atoms with van der Waals surface area (Å²) in [5.41, 5.74) is 3.24. The largest absolute Gasteiger partial charge is 0.465 e. The van der Waals surface area contributed by atoms with Gasteiger partial charge in [-0.3, -0.25) is 4.79 Å². The minimum atomic E-state index is -0.703. The van der Waals surface area contributed by atoms with Crippen molar-refractivity contribution in [3.63, 3.8) is 0 Å². The minimum absolute atomic E-state index is 0.0468. The number of hydrogen-bond acceptors (Lipinski definition) is 9. The summed E-state index contributed by atoms with van der Waals surface area (Å²) < 4.78 is 24.6. The number of aromatic nitrogens is 3. The smallest absolute Gasteiger partial charge is 0.305 e. The van der Waals surface area contributed by atoms with Crippen LogP contribution in [0.4, 0.5) is 10.2 Å².